The molecule has 1 aromatic rings. The fourth-order valence-electron chi connectivity index (χ4n) is 2.46. The topological polar surface area (TPSA) is 58.4 Å². The lowest BCUT2D eigenvalue weighted by Gasteiger charge is -2.21. The molecular formula is C14H19N3O. The smallest absolute Gasteiger partial charge is 0.253 e. The molecule has 1 heterocycles. The van der Waals surface area contributed by atoms with Crippen LogP contribution in [0.1, 0.15) is 36.0 Å². The summed E-state index contributed by atoms with van der Waals surface area (Å²) in [6.45, 7) is 2.07. The maximum absolute atomic E-state index is 12.2. The maximum Gasteiger partial charge on any atom is 0.253 e. The molecule has 3 N–H and O–H groups in total. The minimum absolute atomic E-state index is 0.0201. The zero-order chi connectivity index (χ0) is 12.5. The van der Waals surface area contributed by atoms with E-state index < -0.39 is 0 Å². The molecule has 1 aliphatic heterocycles. The number of amides is 1. The molecule has 4 nitrogen and oxygen atoms in total. The number of nitrogens with two attached hydrogens (primary N) is 1. The van der Waals surface area contributed by atoms with Crippen LogP contribution in [0.4, 0.5) is 11.4 Å². The third-order valence-electron chi connectivity index (χ3n) is 3.62. The van der Waals surface area contributed by atoms with Gasteiger partial charge in [0.05, 0.1) is 5.56 Å². The molecule has 0 aromatic heterocycles. The van der Waals surface area contributed by atoms with Crippen molar-refractivity contribution in [3.8, 4) is 0 Å². The van der Waals surface area contributed by atoms with E-state index in [9.17, 15) is 4.79 Å². The van der Waals surface area contributed by atoms with E-state index in [2.05, 4.69) is 10.2 Å². The van der Waals surface area contributed by atoms with Gasteiger partial charge in [-0.15, -0.1) is 0 Å². The summed E-state index contributed by atoms with van der Waals surface area (Å²) < 4.78 is 0. The highest BCUT2D eigenvalue weighted by atomic mass is 16.1. The Hall–Kier alpha value is -1.71. The van der Waals surface area contributed by atoms with Crippen molar-refractivity contribution in [2.75, 3.05) is 23.7 Å². The third kappa shape index (κ3) is 2.28. The second-order valence-electron chi connectivity index (χ2n) is 5.22. The molecular weight excluding hydrogens is 226 g/mol. The van der Waals surface area contributed by atoms with Crippen molar-refractivity contribution in [1.82, 2.24) is 5.32 Å². The van der Waals surface area contributed by atoms with Gasteiger partial charge in [0.2, 0.25) is 0 Å². The Morgan fingerprint density at radius 3 is 2.67 bits per heavy atom. The molecule has 1 amide bonds. The SMILES string of the molecule is Nc1ccc(N2CCCC2)c(C(=O)NC2CC2)c1. The number of benzene rings is 1. The molecule has 3 rings (SSSR count). The van der Waals surface area contributed by atoms with E-state index in [1.165, 1.54) is 12.8 Å². The number of hydrogen-bond acceptors (Lipinski definition) is 3. The van der Waals surface area contributed by atoms with Crippen molar-refractivity contribution in [2.24, 2.45) is 0 Å². The van der Waals surface area contributed by atoms with Crippen LogP contribution in [0.25, 0.3) is 0 Å². The van der Waals surface area contributed by atoms with Gasteiger partial charge in [-0.05, 0) is 43.9 Å². The summed E-state index contributed by atoms with van der Waals surface area (Å²) in [6, 6.07) is 6.03. The standard InChI is InChI=1S/C14H19N3O/c15-10-3-6-13(17-7-1-2-8-17)12(9-10)14(18)16-11-4-5-11/h3,6,9,11H,1-2,4-5,7-8,15H2,(H,16,18). The Kier molecular flexibility index (Phi) is 2.86. The molecule has 0 bridgehead atoms. The van der Waals surface area contributed by atoms with E-state index in [0.717, 1.165) is 37.2 Å². The Bertz CT molecular complexity index is 462. The molecule has 1 saturated heterocycles. The number of anilines is 2. The number of nitrogens with zero attached hydrogens (tertiary/aromatic N) is 1. The number of rotatable bonds is 3. The minimum Gasteiger partial charge on any atom is -0.399 e. The van der Waals surface area contributed by atoms with E-state index in [1.807, 2.05) is 12.1 Å². The second-order valence-corrected chi connectivity index (χ2v) is 5.22. The first-order valence-electron chi connectivity index (χ1n) is 6.69. The Morgan fingerprint density at radius 2 is 2.00 bits per heavy atom. The Morgan fingerprint density at radius 1 is 1.28 bits per heavy atom. The van der Waals surface area contributed by atoms with Crippen LogP contribution in [0.3, 0.4) is 0 Å². The predicted octanol–water partition coefficient (Wildman–Crippen LogP) is 1.76. The highest BCUT2D eigenvalue weighted by molar-refractivity contribution is 6.01. The molecule has 2 fully saturated rings. The quantitative estimate of drug-likeness (QED) is 0.798. The largest absolute Gasteiger partial charge is 0.399 e. The van der Waals surface area contributed by atoms with Crippen molar-refractivity contribution in [3.05, 3.63) is 23.8 Å². The number of nitrogen functional groups attached to an aromatic ring is 1. The summed E-state index contributed by atoms with van der Waals surface area (Å²) >= 11 is 0. The van der Waals surface area contributed by atoms with E-state index in [4.69, 9.17) is 5.73 Å². The first-order valence-corrected chi connectivity index (χ1v) is 6.69. The molecule has 2 aliphatic rings. The van der Waals surface area contributed by atoms with Crippen LogP contribution in [0, 0.1) is 0 Å². The zero-order valence-corrected chi connectivity index (χ0v) is 10.5. The summed E-state index contributed by atoms with van der Waals surface area (Å²) in [5.41, 5.74) is 8.22. The van der Waals surface area contributed by atoms with Crippen molar-refractivity contribution < 1.29 is 4.79 Å². The van der Waals surface area contributed by atoms with Gasteiger partial charge in [0.25, 0.3) is 5.91 Å². The summed E-state index contributed by atoms with van der Waals surface area (Å²) in [7, 11) is 0. The minimum atomic E-state index is 0.0201. The molecule has 1 aliphatic carbocycles. The van der Waals surface area contributed by atoms with Crippen LogP contribution in [-0.2, 0) is 0 Å². The van der Waals surface area contributed by atoms with Crippen molar-refractivity contribution in [3.63, 3.8) is 0 Å². The van der Waals surface area contributed by atoms with Gasteiger partial charge in [-0.3, -0.25) is 4.79 Å². The summed E-state index contributed by atoms with van der Waals surface area (Å²) in [6.07, 6.45) is 4.61. The molecule has 0 spiro atoms. The predicted molar refractivity (Wildman–Crippen MR) is 72.8 cm³/mol. The van der Waals surface area contributed by atoms with Crippen LogP contribution in [-0.4, -0.2) is 25.0 Å². The van der Waals surface area contributed by atoms with Gasteiger partial charge in [0.15, 0.2) is 0 Å². The summed E-state index contributed by atoms with van der Waals surface area (Å²) in [5.74, 6) is 0.0201. The highest BCUT2D eigenvalue weighted by Gasteiger charge is 2.26. The summed E-state index contributed by atoms with van der Waals surface area (Å²) in [5, 5.41) is 3.04. The normalized spacial score (nSPS) is 19.0. The van der Waals surface area contributed by atoms with Crippen molar-refractivity contribution in [2.45, 2.75) is 31.7 Å². The molecule has 0 atom stereocenters. The van der Waals surface area contributed by atoms with Crippen LogP contribution >= 0.6 is 0 Å². The maximum atomic E-state index is 12.2. The van der Waals surface area contributed by atoms with E-state index in [-0.39, 0.29) is 5.91 Å². The van der Waals surface area contributed by atoms with Gasteiger partial charge in [-0.25, -0.2) is 0 Å². The molecule has 0 radical (unpaired) electrons. The second kappa shape index (κ2) is 4.52. The van der Waals surface area contributed by atoms with Gasteiger partial charge < -0.3 is 16.0 Å². The monoisotopic (exact) mass is 245 g/mol. The van der Waals surface area contributed by atoms with Crippen LogP contribution in [0.5, 0.6) is 0 Å². The van der Waals surface area contributed by atoms with Crippen molar-refractivity contribution in [1.29, 1.82) is 0 Å². The third-order valence-corrected chi connectivity index (χ3v) is 3.62. The van der Waals surface area contributed by atoms with Crippen LogP contribution in [0.2, 0.25) is 0 Å². The molecule has 1 aromatic carbocycles. The number of nitrogens with one attached hydrogen (secondary N) is 1. The van der Waals surface area contributed by atoms with Crippen LogP contribution < -0.4 is 16.0 Å². The fraction of sp³-hybridized carbons (Fsp3) is 0.500. The van der Waals surface area contributed by atoms with E-state index in [0.29, 0.717) is 11.7 Å². The summed E-state index contributed by atoms with van der Waals surface area (Å²) in [4.78, 5) is 14.5. The molecule has 18 heavy (non-hydrogen) atoms. The fourth-order valence-corrected chi connectivity index (χ4v) is 2.46. The Balaban J connectivity index is 1.88. The van der Waals surface area contributed by atoms with Gasteiger partial charge in [-0.1, -0.05) is 0 Å². The van der Waals surface area contributed by atoms with E-state index >= 15 is 0 Å². The first kappa shape index (κ1) is 11.4. The zero-order valence-electron chi connectivity index (χ0n) is 10.5. The number of carbonyl (C=O) groups excluding carboxylic acids is 1. The molecule has 96 valence electrons. The van der Waals surface area contributed by atoms with Gasteiger partial charge in [-0.2, -0.15) is 0 Å². The lowest BCUT2D eigenvalue weighted by atomic mass is 10.1. The molecule has 0 unspecified atom stereocenters. The lowest BCUT2D eigenvalue weighted by Crippen LogP contribution is -2.29. The number of hydrogen-bond donors (Lipinski definition) is 2. The average Bonchev–Trinajstić information content (AvgIpc) is 3.01. The van der Waals surface area contributed by atoms with Gasteiger partial charge in [0.1, 0.15) is 0 Å². The molecule has 1 saturated carbocycles. The number of carbonyl (C=O) groups is 1. The average molecular weight is 245 g/mol. The van der Waals surface area contributed by atoms with Crippen LogP contribution in [0.15, 0.2) is 18.2 Å². The van der Waals surface area contributed by atoms with Crippen molar-refractivity contribution >= 4 is 17.3 Å². The van der Waals surface area contributed by atoms with Gasteiger partial charge >= 0.3 is 0 Å². The lowest BCUT2D eigenvalue weighted by molar-refractivity contribution is 0.0951. The highest BCUT2D eigenvalue weighted by Crippen LogP contribution is 2.28. The Labute approximate surface area is 107 Å². The first-order chi connectivity index (χ1) is 8.74. The molecule has 4 heteroatoms. The van der Waals surface area contributed by atoms with E-state index in [1.54, 1.807) is 6.07 Å². The van der Waals surface area contributed by atoms with Gasteiger partial charge in [0, 0.05) is 30.5 Å².